The van der Waals surface area contributed by atoms with Crippen molar-refractivity contribution < 1.29 is 0 Å². The molecule has 1 heterocycles. The zero-order chi connectivity index (χ0) is 13.0. The van der Waals surface area contributed by atoms with E-state index < -0.39 is 0 Å². The Kier molecular flexibility index (Phi) is 4.45. The number of aromatic nitrogens is 1. The Morgan fingerprint density at radius 2 is 2.22 bits per heavy atom. The molecule has 0 radical (unpaired) electrons. The van der Waals surface area contributed by atoms with Crippen molar-refractivity contribution in [1.82, 2.24) is 4.98 Å². The fraction of sp³-hybridized carbons (Fsp3) is 0.667. The highest BCUT2D eigenvalue weighted by Gasteiger charge is 2.25. The van der Waals surface area contributed by atoms with Gasteiger partial charge in [0.2, 0.25) is 0 Å². The maximum Gasteiger partial charge on any atom is 0.127 e. The number of hydrogen-bond donors (Lipinski definition) is 1. The molecule has 0 amide bonds. The third-order valence-corrected chi connectivity index (χ3v) is 3.41. The minimum absolute atomic E-state index is 0.548. The van der Waals surface area contributed by atoms with Crippen molar-refractivity contribution in [3.8, 4) is 0 Å². The highest BCUT2D eigenvalue weighted by molar-refractivity contribution is 5.54. The summed E-state index contributed by atoms with van der Waals surface area (Å²) < 4.78 is 0. The molecule has 18 heavy (non-hydrogen) atoms. The second-order valence-corrected chi connectivity index (χ2v) is 5.52. The molecular weight excluding hydrogens is 222 g/mol. The number of nitrogens with one attached hydrogen (secondary N) is 1. The number of pyridine rings is 1. The lowest BCUT2D eigenvalue weighted by atomic mass is 10.2. The van der Waals surface area contributed by atoms with Crippen LogP contribution in [0.25, 0.3) is 0 Å². The van der Waals surface area contributed by atoms with Crippen molar-refractivity contribution in [2.45, 2.75) is 46.1 Å². The van der Waals surface area contributed by atoms with Crippen LogP contribution in [0.1, 0.15) is 40.0 Å². The van der Waals surface area contributed by atoms with Crippen molar-refractivity contribution in [3.05, 3.63) is 18.3 Å². The summed E-state index contributed by atoms with van der Waals surface area (Å²) in [5.41, 5.74) is 1.30. The van der Waals surface area contributed by atoms with Gasteiger partial charge in [-0.05, 0) is 45.1 Å². The van der Waals surface area contributed by atoms with Crippen LogP contribution in [0.4, 0.5) is 11.5 Å². The molecule has 1 N–H and O–H groups in total. The predicted molar refractivity (Wildman–Crippen MR) is 78.2 cm³/mol. The van der Waals surface area contributed by atoms with Gasteiger partial charge in [-0.1, -0.05) is 6.92 Å². The average Bonchev–Trinajstić information content (AvgIpc) is 3.17. The lowest BCUT2D eigenvalue weighted by molar-refractivity contribution is 0.644. The second-order valence-electron chi connectivity index (χ2n) is 5.52. The van der Waals surface area contributed by atoms with Crippen LogP contribution in [0.5, 0.6) is 0 Å². The summed E-state index contributed by atoms with van der Waals surface area (Å²) in [5, 5.41) is 3.36. The lowest BCUT2D eigenvalue weighted by Crippen LogP contribution is -2.32. The van der Waals surface area contributed by atoms with Gasteiger partial charge >= 0.3 is 0 Å². The van der Waals surface area contributed by atoms with Crippen LogP contribution in [0.3, 0.4) is 0 Å². The lowest BCUT2D eigenvalue weighted by Gasteiger charge is -2.29. The third kappa shape index (κ3) is 3.62. The Labute approximate surface area is 111 Å². The zero-order valence-electron chi connectivity index (χ0n) is 11.8. The minimum Gasteiger partial charge on any atom is -0.370 e. The standard InChI is InChI=1S/C15H25N3/c1-4-8-16-15-10-14(7-9-17-15)18(12(2)3)11-13-5-6-13/h7,9-10,12-13H,4-6,8,11H2,1-3H3,(H,16,17). The minimum atomic E-state index is 0.548. The van der Waals surface area contributed by atoms with E-state index in [4.69, 9.17) is 0 Å². The summed E-state index contributed by atoms with van der Waals surface area (Å²) in [6.07, 6.45) is 5.84. The Balaban J connectivity index is 2.07. The van der Waals surface area contributed by atoms with Gasteiger partial charge in [0.05, 0.1) is 0 Å². The molecule has 1 aromatic heterocycles. The molecule has 3 heteroatoms. The summed E-state index contributed by atoms with van der Waals surface area (Å²) in [5.74, 6) is 1.91. The van der Waals surface area contributed by atoms with Gasteiger partial charge < -0.3 is 10.2 Å². The molecule has 1 aliphatic carbocycles. The number of nitrogens with zero attached hydrogens (tertiary/aromatic N) is 2. The van der Waals surface area contributed by atoms with E-state index in [1.54, 1.807) is 0 Å². The second kappa shape index (κ2) is 6.07. The Morgan fingerprint density at radius 3 is 2.83 bits per heavy atom. The molecule has 1 aliphatic rings. The smallest absolute Gasteiger partial charge is 0.127 e. The molecule has 0 atom stereocenters. The van der Waals surface area contributed by atoms with E-state index in [0.717, 1.165) is 24.7 Å². The number of rotatable bonds is 7. The monoisotopic (exact) mass is 247 g/mol. The third-order valence-electron chi connectivity index (χ3n) is 3.41. The predicted octanol–water partition coefficient (Wildman–Crippen LogP) is 3.53. The van der Waals surface area contributed by atoms with Gasteiger partial charge in [0.15, 0.2) is 0 Å². The molecule has 0 spiro atoms. The zero-order valence-corrected chi connectivity index (χ0v) is 11.8. The van der Waals surface area contributed by atoms with Crippen molar-refractivity contribution >= 4 is 11.5 Å². The summed E-state index contributed by atoms with van der Waals surface area (Å²) in [7, 11) is 0. The van der Waals surface area contributed by atoms with Crippen LogP contribution in [-0.4, -0.2) is 24.1 Å². The van der Waals surface area contributed by atoms with Crippen LogP contribution in [0.2, 0.25) is 0 Å². The van der Waals surface area contributed by atoms with E-state index in [9.17, 15) is 0 Å². The van der Waals surface area contributed by atoms with Gasteiger partial charge in [-0.15, -0.1) is 0 Å². The normalized spacial score (nSPS) is 14.9. The quantitative estimate of drug-likeness (QED) is 0.799. The highest BCUT2D eigenvalue weighted by atomic mass is 15.2. The first-order valence-corrected chi connectivity index (χ1v) is 7.17. The van der Waals surface area contributed by atoms with E-state index in [-0.39, 0.29) is 0 Å². The van der Waals surface area contributed by atoms with Gasteiger partial charge in [0, 0.05) is 37.1 Å². The summed E-state index contributed by atoms with van der Waals surface area (Å²) in [4.78, 5) is 6.87. The van der Waals surface area contributed by atoms with E-state index in [0.29, 0.717) is 6.04 Å². The van der Waals surface area contributed by atoms with E-state index >= 15 is 0 Å². The molecule has 0 aromatic carbocycles. The fourth-order valence-electron chi connectivity index (χ4n) is 2.14. The summed E-state index contributed by atoms with van der Waals surface area (Å²) in [6.45, 7) is 8.88. The van der Waals surface area contributed by atoms with Gasteiger partial charge in [0.1, 0.15) is 5.82 Å². The Hall–Kier alpha value is -1.25. The first-order valence-electron chi connectivity index (χ1n) is 7.17. The van der Waals surface area contributed by atoms with Crippen LogP contribution in [-0.2, 0) is 0 Å². The maximum atomic E-state index is 4.38. The highest BCUT2D eigenvalue weighted by Crippen LogP contribution is 2.32. The molecular formula is C15H25N3. The van der Waals surface area contributed by atoms with E-state index in [1.165, 1.54) is 25.1 Å². The Morgan fingerprint density at radius 1 is 1.44 bits per heavy atom. The Bertz CT molecular complexity index is 372. The molecule has 0 saturated heterocycles. The first-order chi connectivity index (χ1) is 8.70. The van der Waals surface area contributed by atoms with Crippen molar-refractivity contribution in [2.24, 2.45) is 5.92 Å². The van der Waals surface area contributed by atoms with Crippen LogP contribution >= 0.6 is 0 Å². The molecule has 1 aromatic rings. The van der Waals surface area contributed by atoms with Gasteiger partial charge in [0.25, 0.3) is 0 Å². The van der Waals surface area contributed by atoms with Crippen LogP contribution in [0.15, 0.2) is 18.3 Å². The van der Waals surface area contributed by atoms with Crippen LogP contribution in [0, 0.1) is 5.92 Å². The maximum absolute atomic E-state index is 4.38. The van der Waals surface area contributed by atoms with Gasteiger partial charge in [-0.25, -0.2) is 4.98 Å². The number of hydrogen-bond acceptors (Lipinski definition) is 3. The topological polar surface area (TPSA) is 28.2 Å². The largest absolute Gasteiger partial charge is 0.370 e. The SMILES string of the molecule is CCCNc1cc(N(CC2CC2)C(C)C)ccn1. The van der Waals surface area contributed by atoms with Crippen molar-refractivity contribution in [1.29, 1.82) is 0 Å². The van der Waals surface area contributed by atoms with Gasteiger partial charge in [-0.2, -0.15) is 0 Å². The molecule has 0 bridgehead atoms. The van der Waals surface area contributed by atoms with Crippen molar-refractivity contribution in [3.63, 3.8) is 0 Å². The van der Waals surface area contributed by atoms with Gasteiger partial charge in [-0.3, -0.25) is 0 Å². The number of anilines is 2. The molecule has 2 rings (SSSR count). The first kappa shape index (κ1) is 13.2. The molecule has 0 aliphatic heterocycles. The molecule has 100 valence electrons. The van der Waals surface area contributed by atoms with Crippen LogP contribution < -0.4 is 10.2 Å². The fourth-order valence-corrected chi connectivity index (χ4v) is 2.14. The average molecular weight is 247 g/mol. The van der Waals surface area contributed by atoms with E-state index in [1.807, 2.05) is 6.20 Å². The summed E-state index contributed by atoms with van der Waals surface area (Å²) in [6, 6.07) is 4.85. The molecule has 1 saturated carbocycles. The molecule has 0 unspecified atom stereocenters. The summed E-state index contributed by atoms with van der Waals surface area (Å²) >= 11 is 0. The van der Waals surface area contributed by atoms with E-state index in [2.05, 4.69) is 48.1 Å². The molecule has 1 fully saturated rings. The molecule has 3 nitrogen and oxygen atoms in total. The van der Waals surface area contributed by atoms with Crippen molar-refractivity contribution in [2.75, 3.05) is 23.3 Å².